The quantitative estimate of drug-likeness (QED) is 0.753. The molecule has 24 heavy (non-hydrogen) atoms. The molecule has 5 heteroatoms. The van der Waals surface area contributed by atoms with Gasteiger partial charge in [0, 0.05) is 30.7 Å². The number of amides is 1. The largest absolute Gasteiger partial charge is 0.496 e. The van der Waals surface area contributed by atoms with Gasteiger partial charge in [-0.1, -0.05) is 46.3 Å². The summed E-state index contributed by atoms with van der Waals surface area (Å²) in [5.74, 6) is 0.867. The van der Waals surface area contributed by atoms with Crippen LogP contribution in [0.4, 0.5) is 0 Å². The Kier molecular flexibility index (Phi) is 6.40. The van der Waals surface area contributed by atoms with Crippen LogP contribution in [0.3, 0.4) is 0 Å². The van der Waals surface area contributed by atoms with Crippen LogP contribution in [0, 0.1) is 0 Å². The lowest BCUT2D eigenvalue weighted by atomic mass is 10.0. The monoisotopic (exact) mass is 390 g/mol. The standard InChI is InChI=1S/C19H23BrN2O2/c1-21(2)19(23)18(14-8-6-5-7-9-14)22(3)13-15-12-16(20)10-11-17(15)24-4/h5-12,18H,13H2,1-4H3/t18-/m0/s1. The molecule has 0 spiro atoms. The average Bonchev–Trinajstić information content (AvgIpc) is 2.56. The van der Waals surface area contributed by atoms with Crippen molar-refractivity contribution in [2.24, 2.45) is 0 Å². The Morgan fingerprint density at radius 2 is 1.79 bits per heavy atom. The predicted molar refractivity (Wildman–Crippen MR) is 100 cm³/mol. The van der Waals surface area contributed by atoms with Crippen molar-refractivity contribution in [1.29, 1.82) is 0 Å². The van der Waals surface area contributed by atoms with E-state index in [9.17, 15) is 4.79 Å². The second-order valence-corrected chi connectivity index (χ2v) is 6.83. The molecule has 0 aliphatic rings. The van der Waals surface area contributed by atoms with Crippen molar-refractivity contribution < 1.29 is 9.53 Å². The minimum absolute atomic E-state index is 0.0534. The van der Waals surface area contributed by atoms with Crippen molar-refractivity contribution in [1.82, 2.24) is 9.80 Å². The number of rotatable bonds is 6. The molecular formula is C19H23BrN2O2. The number of methoxy groups -OCH3 is 1. The van der Waals surface area contributed by atoms with Crippen molar-refractivity contribution in [2.45, 2.75) is 12.6 Å². The van der Waals surface area contributed by atoms with Crippen LogP contribution in [0.5, 0.6) is 5.75 Å². The molecular weight excluding hydrogens is 368 g/mol. The average molecular weight is 391 g/mol. The summed E-state index contributed by atoms with van der Waals surface area (Å²) in [5, 5.41) is 0. The smallest absolute Gasteiger partial charge is 0.244 e. The molecule has 0 unspecified atom stereocenters. The zero-order valence-electron chi connectivity index (χ0n) is 14.5. The van der Waals surface area contributed by atoms with Gasteiger partial charge in [0.25, 0.3) is 0 Å². The first-order chi connectivity index (χ1) is 11.4. The van der Waals surface area contributed by atoms with E-state index in [1.54, 1.807) is 26.1 Å². The van der Waals surface area contributed by atoms with Gasteiger partial charge in [0.2, 0.25) is 5.91 Å². The lowest BCUT2D eigenvalue weighted by Crippen LogP contribution is -2.37. The van der Waals surface area contributed by atoms with Gasteiger partial charge in [-0.2, -0.15) is 0 Å². The van der Waals surface area contributed by atoms with E-state index in [4.69, 9.17) is 4.74 Å². The van der Waals surface area contributed by atoms with Gasteiger partial charge < -0.3 is 9.64 Å². The van der Waals surface area contributed by atoms with Gasteiger partial charge in [-0.3, -0.25) is 9.69 Å². The number of nitrogens with zero attached hydrogens (tertiary/aromatic N) is 2. The van der Waals surface area contributed by atoms with Crippen LogP contribution in [-0.2, 0) is 11.3 Å². The molecule has 0 fully saturated rings. The minimum Gasteiger partial charge on any atom is -0.496 e. The number of hydrogen-bond donors (Lipinski definition) is 0. The van der Waals surface area contributed by atoms with Crippen molar-refractivity contribution >= 4 is 21.8 Å². The number of halogens is 1. The first-order valence-corrected chi connectivity index (χ1v) is 8.52. The van der Waals surface area contributed by atoms with E-state index in [-0.39, 0.29) is 11.9 Å². The molecule has 0 heterocycles. The van der Waals surface area contributed by atoms with Crippen molar-refractivity contribution in [2.75, 3.05) is 28.3 Å². The maximum Gasteiger partial charge on any atom is 0.244 e. The van der Waals surface area contributed by atoms with Crippen LogP contribution < -0.4 is 4.74 Å². The summed E-state index contributed by atoms with van der Waals surface area (Å²) < 4.78 is 6.44. The number of ether oxygens (including phenoxy) is 1. The third-order valence-electron chi connectivity index (χ3n) is 3.89. The van der Waals surface area contributed by atoms with E-state index in [2.05, 4.69) is 15.9 Å². The van der Waals surface area contributed by atoms with Gasteiger partial charge in [0.05, 0.1) is 7.11 Å². The molecule has 1 atom stereocenters. The highest BCUT2D eigenvalue weighted by Gasteiger charge is 2.27. The van der Waals surface area contributed by atoms with Gasteiger partial charge >= 0.3 is 0 Å². The number of carbonyl (C=O) groups is 1. The summed E-state index contributed by atoms with van der Waals surface area (Å²) in [6.07, 6.45) is 0. The molecule has 0 aliphatic heterocycles. The molecule has 0 N–H and O–H groups in total. The summed E-state index contributed by atoms with van der Waals surface area (Å²) in [5.41, 5.74) is 2.01. The summed E-state index contributed by atoms with van der Waals surface area (Å²) in [4.78, 5) is 16.4. The van der Waals surface area contributed by atoms with Gasteiger partial charge in [0.15, 0.2) is 0 Å². The Morgan fingerprint density at radius 1 is 1.12 bits per heavy atom. The van der Waals surface area contributed by atoms with Crippen LogP contribution in [0.15, 0.2) is 53.0 Å². The van der Waals surface area contributed by atoms with Gasteiger partial charge in [-0.05, 0) is 30.8 Å². The third-order valence-corrected chi connectivity index (χ3v) is 4.39. The molecule has 0 aromatic heterocycles. The van der Waals surface area contributed by atoms with E-state index in [0.717, 1.165) is 21.3 Å². The Balaban J connectivity index is 2.33. The molecule has 128 valence electrons. The highest BCUT2D eigenvalue weighted by molar-refractivity contribution is 9.10. The van der Waals surface area contributed by atoms with Crippen LogP contribution in [0.25, 0.3) is 0 Å². The first kappa shape index (κ1) is 18.5. The van der Waals surface area contributed by atoms with Crippen molar-refractivity contribution in [3.8, 4) is 5.75 Å². The van der Waals surface area contributed by atoms with E-state index in [0.29, 0.717) is 6.54 Å². The SMILES string of the molecule is COc1ccc(Br)cc1CN(C)[C@H](C(=O)N(C)C)c1ccccc1. The fraction of sp³-hybridized carbons (Fsp3) is 0.316. The Bertz CT molecular complexity index is 689. The first-order valence-electron chi connectivity index (χ1n) is 7.72. The van der Waals surface area contributed by atoms with Gasteiger partial charge in [-0.15, -0.1) is 0 Å². The Morgan fingerprint density at radius 3 is 2.38 bits per heavy atom. The predicted octanol–water partition coefficient (Wildman–Crippen LogP) is 3.72. The van der Waals surface area contributed by atoms with Crippen molar-refractivity contribution in [3.63, 3.8) is 0 Å². The fourth-order valence-electron chi connectivity index (χ4n) is 2.70. The third kappa shape index (κ3) is 4.36. The Hall–Kier alpha value is -1.85. The summed E-state index contributed by atoms with van der Waals surface area (Å²) in [6, 6.07) is 15.4. The second kappa shape index (κ2) is 8.31. The molecule has 4 nitrogen and oxygen atoms in total. The molecule has 0 bridgehead atoms. The summed E-state index contributed by atoms with van der Waals surface area (Å²) in [7, 11) is 7.18. The zero-order chi connectivity index (χ0) is 17.7. The second-order valence-electron chi connectivity index (χ2n) is 5.92. The zero-order valence-corrected chi connectivity index (χ0v) is 16.1. The molecule has 2 aromatic rings. The lowest BCUT2D eigenvalue weighted by molar-refractivity contribution is -0.134. The summed E-state index contributed by atoms with van der Waals surface area (Å²) >= 11 is 3.50. The van der Waals surface area contributed by atoms with Crippen LogP contribution >= 0.6 is 15.9 Å². The normalized spacial score (nSPS) is 12.1. The number of carbonyl (C=O) groups excluding carboxylic acids is 1. The fourth-order valence-corrected chi connectivity index (χ4v) is 3.10. The van der Waals surface area contributed by atoms with Gasteiger partial charge in [-0.25, -0.2) is 0 Å². The van der Waals surface area contributed by atoms with Crippen LogP contribution in [-0.4, -0.2) is 44.0 Å². The van der Waals surface area contributed by atoms with Gasteiger partial charge in [0.1, 0.15) is 11.8 Å². The van der Waals surface area contributed by atoms with E-state index in [1.165, 1.54) is 0 Å². The minimum atomic E-state index is -0.343. The van der Waals surface area contributed by atoms with E-state index < -0.39 is 0 Å². The van der Waals surface area contributed by atoms with E-state index in [1.807, 2.05) is 60.5 Å². The van der Waals surface area contributed by atoms with Crippen LogP contribution in [0.1, 0.15) is 17.2 Å². The molecule has 0 radical (unpaired) electrons. The van der Waals surface area contributed by atoms with Crippen LogP contribution in [0.2, 0.25) is 0 Å². The molecule has 0 saturated heterocycles. The van der Waals surface area contributed by atoms with Crippen molar-refractivity contribution in [3.05, 3.63) is 64.1 Å². The maximum absolute atomic E-state index is 12.7. The number of benzene rings is 2. The molecule has 1 amide bonds. The molecule has 0 aliphatic carbocycles. The molecule has 2 aromatic carbocycles. The number of likely N-dealkylation sites (N-methyl/N-ethyl adjacent to an activating group) is 2. The molecule has 0 saturated carbocycles. The highest BCUT2D eigenvalue weighted by Crippen LogP contribution is 2.28. The maximum atomic E-state index is 12.7. The topological polar surface area (TPSA) is 32.8 Å². The summed E-state index contributed by atoms with van der Waals surface area (Å²) in [6.45, 7) is 0.599. The Labute approximate surface area is 152 Å². The number of hydrogen-bond acceptors (Lipinski definition) is 3. The lowest BCUT2D eigenvalue weighted by Gasteiger charge is -2.30. The molecule has 2 rings (SSSR count). The van der Waals surface area contributed by atoms with E-state index >= 15 is 0 Å². The highest BCUT2D eigenvalue weighted by atomic mass is 79.9.